The molecule has 1 amide bonds. The fourth-order valence-electron chi connectivity index (χ4n) is 7.84. The predicted molar refractivity (Wildman–Crippen MR) is 220 cm³/mol. The first-order valence-electron chi connectivity index (χ1n) is 19.8. The number of carboxylic acid groups (broad SMARTS) is 1. The zero-order valence-corrected chi connectivity index (χ0v) is 37.1. The van der Waals surface area contributed by atoms with E-state index in [9.17, 15) is 14.7 Å². The number of carboxylic acids is 1. The maximum absolute atomic E-state index is 13.1. The van der Waals surface area contributed by atoms with Crippen LogP contribution in [-0.2, 0) is 9.59 Å². The van der Waals surface area contributed by atoms with Crippen LogP contribution in [0, 0.1) is 6.92 Å². The summed E-state index contributed by atoms with van der Waals surface area (Å²) in [5, 5.41) is 11.2. The van der Waals surface area contributed by atoms with E-state index in [-0.39, 0.29) is 73.6 Å². The van der Waals surface area contributed by atoms with Gasteiger partial charge >= 0.3 is 51.4 Å². The van der Waals surface area contributed by atoms with Crippen LogP contribution < -0.4 is 61.4 Å². The fraction of sp³-hybridized carbons (Fsp3) is 0.489. The summed E-state index contributed by atoms with van der Waals surface area (Å²) in [5.74, 6) is -1.60. The van der Waals surface area contributed by atoms with Gasteiger partial charge in [-0.25, -0.2) is 0 Å². The van der Waals surface area contributed by atoms with E-state index in [4.69, 9.17) is 12.2 Å². The summed E-state index contributed by atoms with van der Waals surface area (Å²) in [6, 6.07) is 26.4. The second kappa shape index (κ2) is 23.3. The van der Waals surface area contributed by atoms with E-state index in [1.165, 1.54) is 124 Å². The van der Waals surface area contributed by atoms with Gasteiger partial charge in [-0.05, 0) is 53.8 Å². The molecule has 2 aliphatic heterocycles. The summed E-state index contributed by atoms with van der Waals surface area (Å²) in [5.41, 5.74) is 7.18. The normalized spacial score (nSPS) is 17.4. The summed E-state index contributed by atoms with van der Waals surface area (Å²) in [6.07, 6.45) is 23.6. The Balaban J connectivity index is 0.00000627. The molecule has 1 fully saturated rings. The van der Waals surface area contributed by atoms with Crippen LogP contribution in [0.4, 0.5) is 5.69 Å². The molecule has 5 rings (SSSR count). The number of benzene rings is 3. The monoisotopic (exact) mass is 776 g/mol. The molecule has 0 radical (unpaired) electrons. The van der Waals surface area contributed by atoms with Crippen molar-refractivity contribution in [3.63, 3.8) is 0 Å². The Morgan fingerprint density at radius 2 is 1.34 bits per heavy atom. The minimum Gasteiger partial charge on any atom is -0.548 e. The maximum atomic E-state index is 13.1. The molecule has 1 saturated heterocycles. The molecular formula is C45H57KN2O3S2. The van der Waals surface area contributed by atoms with Gasteiger partial charge in [-0.1, -0.05) is 193 Å². The van der Waals surface area contributed by atoms with Gasteiger partial charge in [0.05, 0.1) is 23.5 Å². The summed E-state index contributed by atoms with van der Waals surface area (Å²) in [4.78, 5) is 28.5. The van der Waals surface area contributed by atoms with Crippen molar-refractivity contribution in [2.45, 2.75) is 129 Å². The Morgan fingerprint density at radius 1 is 0.774 bits per heavy atom. The molecule has 278 valence electrons. The molecule has 0 bridgehead atoms. The summed E-state index contributed by atoms with van der Waals surface area (Å²) < 4.78 is 0.244. The number of rotatable bonds is 22. The molecule has 8 heteroatoms. The molecule has 2 aliphatic rings. The van der Waals surface area contributed by atoms with Gasteiger partial charge in [0, 0.05) is 18.2 Å². The van der Waals surface area contributed by atoms with Crippen LogP contribution >= 0.6 is 24.0 Å². The van der Waals surface area contributed by atoms with Crippen molar-refractivity contribution in [3.05, 3.63) is 106 Å². The molecule has 0 saturated carbocycles. The molecule has 0 aromatic heterocycles. The molecule has 2 unspecified atom stereocenters. The second-order valence-electron chi connectivity index (χ2n) is 14.7. The van der Waals surface area contributed by atoms with E-state index in [1.54, 1.807) is 0 Å². The standard InChI is InChI=1S/C45H58N2O3S2.K/c1-3-4-5-6-7-8-9-10-11-12-13-14-15-16-17-21-30-46-39-29-26-35(32-40-44(50)47(33-41(48)49)45(51)52-40)31-38(39)42(36-27-24-34(2)25-28-36)43(46)37-22-19-18-20-23-37;/h18-20,22-29,31-32,42-43H,3-17,21,30,33H2,1-2H3,(H,48,49);/q;+1/p-1/b40-32-;. The molecule has 2 heterocycles. The minimum atomic E-state index is -1.33. The van der Waals surface area contributed by atoms with E-state index in [0.717, 1.165) is 35.2 Å². The van der Waals surface area contributed by atoms with Crippen molar-refractivity contribution in [3.8, 4) is 0 Å². The van der Waals surface area contributed by atoms with Gasteiger partial charge in [0.25, 0.3) is 5.91 Å². The average molecular weight is 777 g/mol. The van der Waals surface area contributed by atoms with Crippen LogP contribution in [0.25, 0.3) is 6.08 Å². The molecule has 0 N–H and O–H groups in total. The number of thiocarbonyl (C=S) groups is 1. The largest absolute Gasteiger partial charge is 1.00 e. The summed E-state index contributed by atoms with van der Waals surface area (Å²) >= 11 is 6.48. The number of aryl methyl sites for hydroxylation is 1. The van der Waals surface area contributed by atoms with Crippen molar-refractivity contribution >= 4 is 51.9 Å². The van der Waals surface area contributed by atoms with Gasteiger partial charge in [-0.3, -0.25) is 9.69 Å². The molecule has 5 nitrogen and oxygen atoms in total. The van der Waals surface area contributed by atoms with Crippen molar-refractivity contribution in [2.75, 3.05) is 18.0 Å². The Labute approximate surface area is 371 Å². The Kier molecular flexibility index (Phi) is 19.3. The van der Waals surface area contributed by atoms with Crippen LogP contribution in [0.2, 0.25) is 0 Å². The van der Waals surface area contributed by atoms with Crippen molar-refractivity contribution in [1.29, 1.82) is 0 Å². The predicted octanol–water partition coefficient (Wildman–Crippen LogP) is 7.90. The number of amides is 1. The molecule has 0 aliphatic carbocycles. The minimum absolute atomic E-state index is 0. The number of nitrogens with zero attached hydrogens (tertiary/aromatic N) is 2. The van der Waals surface area contributed by atoms with Gasteiger partial charge < -0.3 is 14.8 Å². The third-order valence-corrected chi connectivity index (χ3v) is 12.0. The van der Waals surface area contributed by atoms with Crippen LogP contribution in [-0.4, -0.2) is 34.2 Å². The topological polar surface area (TPSA) is 63.7 Å². The first kappa shape index (κ1) is 43.9. The third-order valence-electron chi connectivity index (χ3n) is 10.6. The number of hydrogen-bond acceptors (Lipinski definition) is 6. The van der Waals surface area contributed by atoms with Gasteiger partial charge in [0.15, 0.2) is 0 Å². The SMILES string of the molecule is CCCCCCCCCCCCCCCCCCN1c2ccc(/C=C3\SC(=S)N(CC(=O)[O-])C3=O)cc2C(c2ccc(C)cc2)C1c1ccccc1.[K+]. The average Bonchev–Trinajstić information content (AvgIpc) is 3.60. The zero-order valence-electron chi connectivity index (χ0n) is 32.3. The maximum Gasteiger partial charge on any atom is 1.00 e. The molecule has 3 aromatic carbocycles. The van der Waals surface area contributed by atoms with Crippen molar-refractivity contribution < 1.29 is 66.1 Å². The van der Waals surface area contributed by atoms with Gasteiger partial charge in [0.1, 0.15) is 4.32 Å². The van der Waals surface area contributed by atoms with E-state index in [0.29, 0.717) is 4.91 Å². The number of hydrogen-bond donors (Lipinski definition) is 0. The first-order chi connectivity index (χ1) is 25.4. The molecule has 0 spiro atoms. The third kappa shape index (κ3) is 12.9. The molecule has 53 heavy (non-hydrogen) atoms. The number of aliphatic carboxylic acids is 1. The number of thioether (sulfide) groups is 1. The summed E-state index contributed by atoms with van der Waals surface area (Å²) in [6.45, 7) is 4.86. The number of carbonyl (C=O) groups excluding carboxylic acids is 2. The quantitative estimate of drug-likeness (QED) is 0.0448. The van der Waals surface area contributed by atoms with Crippen LogP contribution in [0.1, 0.15) is 149 Å². The molecule has 3 aromatic rings. The fourth-order valence-corrected chi connectivity index (χ4v) is 9.09. The number of fused-ring (bicyclic) bond motifs is 1. The zero-order chi connectivity index (χ0) is 36.7. The molecular weight excluding hydrogens is 720 g/mol. The van der Waals surface area contributed by atoms with E-state index in [2.05, 4.69) is 91.5 Å². The number of carbonyl (C=O) groups is 2. The van der Waals surface area contributed by atoms with Crippen LogP contribution in [0.5, 0.6) is 0 Å². The second-order valence-corrected chi connectivity index (χ2v) is 16.4. The van der Waals surface area contributed by atoms with Gasteiger partial charge in [0.2, 0.25) is 0 Å². The van der Waals surface area contributed by atoms with E-state index < -0.39 is 12.5 Å². The smallest absolute Gasteiger partial charge is 0.548 e. The van der Waals surface area contributed by atoms with Gasteiger partial charge in [-0.15, -0.1) is 0 Å². The van der Waals surface area contributed by atoms with Crippen LogP contribution in [0.15, 0.2) is 77.7 Å². The number of unbranched alkanes of at least 4 members (excludes halogenated alkanes) is 15. The van der Waals surface area contributed by atoms with Crippen molar-refractivity contribution in [2.24, 2.45) is 0 Å². The Hall–Kier alpha value is -1.78. The van der Waals surface area contributed by atoms with E-state index in [1.807, 2.05) is 6.08 Å². The number of anilines is 1. The Bertz CT molecular complexity index is 1650. The summed E-state index contributed by atoms with van der Waals surface area (Å²) in [7, 11) is 0. The van der Waals surface area contributed by atoms with Gasteiger partial charge in [-0.2, -0.15) is 0 Å². The van der Waals surface area contributed by atoms with Crippen LogP contribution in [0.3, 0.4) is 0 Å². The van der Waals surface area contributed by atoms with E-state index >= 15 is 0 Å². The Morgan fingerprint density at radius 3 is 1.91 bits per heavy atom. The van der Waals surface area contributed by atoms with Crippen molar-refractivity contribution in [1.82, 2.24) is 4.90 Å². The first-order valence-corrected chi connectivity index (χ1v) is 21.1. The molecule has 2 atom stereocenters.